The topological polar surface area (TPSA) is 129 Å². The lowest BCUT2D eigenvalue weighted by molar-refractivity contribution is -0.285. The standard InChI is InChI=1S/C42H66O9/c1-12-28-34(49-25(4)44)33(48-24(3)43)23(2)35(50-28)51-36(47)42-20-19-37(5,6)21-27(42)26-13-14-30-39(9)17-16-31(45)38(7,8)29(39)15-18-40(30,10)41(26,11)22-32(42)46/h13,23,27-35,45-46H,12,14-22H2,1-11H3/t23-,27+,28?,29?,30?,31+,32-,33?,34-,35-,39+,40-,41-,42-/m1/s1. The van der Waals surface area contributed by atoms with Crippen LogP contribution in [0.4, 0.5) is 0 Å². The second-order valence-electron chi connectivity index (χ2n) is 19.7. The molecule has 0 radical (unpaired) electrons. The van der Waals surface area contributed by atoms with Gasteiger partial charge in [-0.1, -0.05) is 74.0 Å². The third kappa shape index (κ3) is 5.75. The van der Waals surface area contributed by atoms with Crippen LogP contribution in [-0.4, -0.2) is 64.9 Å². The highest BCUT2D eigenvalue weighted by atomic mass is 16.7. The van der Waals surface area contributed by atoms with Crippen LogP contribution in [0.2, 0.25) is 0 Å². The van der Waals surface area contributed by atoms with Crippen molar-refractivity contribution in [3.63, 3.8) is 0 Å². The summed E-state index contributed by atoms with van der Waals surface area (Å²) in [4.78, 5) is 39.2. The van der Waals surface area contributed by atoms with Gasteiger partial charge in [0.25, 0.3) is 0 Å². The number of hydrogen-bond donors (Lipinski definition) is 2. The van der Waals surface area contributed by atoms with Crippen LogP contribution in [0.15, 0.2) is 11.6 Å². The molecular formula is C42H66O9. The zero-order valence-electron chi connectivity index (χ0n) is 33.2. The normalized spacial score (nSPS) is 48.4. The summed E-state index contributed by atoms with van der Waals surface area (Å²) in [6, 6.07) is 0. The molecule has 288 valence electrons. The van der Waals surface area contributed by atoms with E-state index < -0.39 is 59.9 Å². The number of allylic oxidation sites excluding steroid dienone is 2. The van der Waals surface area contributed by atoms with Crippen LogP contribution in [0.5, 0.6) is 0 Å². The van der Waals surface area contributed by atoms with Crippen LogP contribution in [0.25, 0.3) is 0 Å². The van der Waals surface area contributed by atoms with Gasteiger partial charge in [-0.15, -0.1) is 0 Å². The predicted molar refractivity (Wildman–Crippen MR) is 192 cm³/mol. The van der Waals surface area contributed by atoms with Crippen molar-refractivity contribution in [3.8, 4) is 0 Å². The SMILES string of the molecule is CCC1O[C@H](OC(=O)[C@]23CCC(C)(C)C[C@H]2C2=CCC4[C@@]5(C)CC[C@H](O)C(C)(C)C5CC[C@@]4(C)[C@]2(C)C[C@H]3O)[C@H](C)C(OC(C)=O)[C@@H]1OC(C)=O. The molecule has 0 aromatic rings. The second kappa shape index (κ2) is 12.8. The molecule has 6 aliphatic rings. The monoisotopic (exact) mass is 714 g/mol. The molecule has 6 rings (SSSR count). The maximum Gasteiger partial charge on any atom is 0.317 e. The maximum atomic E-state index is 14.9. The minimum atomic E-state index is -1.14. The van der Waals surface area contributed by atoms with Gasteiger partial charge in [0, 0.05) is 13.8 Å². The highest BCUT2D eigenvalue weighted by Gasteiger charge is 2.71. The molecule has 0 bridgehead atoms. The van der Waals surface area contributed by atoms with Crippen molar-refractivity contribution >= 4 is 17.9 Å². The van der Waals surface area contributed by atoms with Gasteiger partial charge in [-0.25, -0.2) is 0 Å². The van der Waals surface area contributed by atoms with E-state index in [4.69, 9.17) is 18.9 Å². The molecule has 0 spiro atoms. The van der Waals surface area contributed by atoms with Gasteiger partial charge < -0.3 is 29.2 Å². The zero-order valence-corrected chi connectivity index (χ0v) is 33.2. The first-order valence-electron chi connectivity index (χ1n) is 19.9. The fourth-order valence-electron chi connectivity index (χ4n) is 13.1. The fourth-order valence-corrected chi connectivity index (χ4v) is 13.1. The van der Waals surface area contributed by atoms with Gasteiger partial charge in [0.05, 0.1) is 18.1 Å². The predicted octanol–water partition coefficient (Wildman–Crippen LogP) is 7.30. The average molecular weight is 715 g/mol. The Bertz CT molecular complexity index is 1430. The molecular weight excluding hydrogens is 648 g/mol. The summed E-state index contributed by atoms with van der Waals surface area (Å²) in [5.41, 5.74) is -0.348. The number of fused-ring (bicyclic) bond motifs is 7. The third-order valence-corrected chi connectivity index (χ3v) is 16.2. The first-order chi connectivity index (χ1) is 23.6. The van der Waals surface area contributed by atoms with Gasteiger partial charge in [0.2, 0.25) is 6.29 Å². The molecule has 9 nitrogen and oxygen atoms in total. The van der Waals surface area contributed by atoms with E-state index in [1.165, 1.54) is 19.4 Å². The van der Waals surface area contributed by atoms with E-state index in [9.17, 15) is 24.6 Å². The average Bonchev–Trinajstić information content (AvgIpc) is 3.02. The molecule has 9 heteroatoms. The first-order valence-corrected chi connectivity index (χ1v) is 19.9. The van der Waals surface area contributed by atoms with E-state index in [-0.39, 0.29) is 39.1 Å². The summed E-state index contributed by atoms with van der Waals surface area (Å²) in [6.45, 7) is 22.7. The fraction of sp³-hybridized carbons (Fsp3) is 0.881. The van der Waals surface area contributed by atoms with Crippen LogP contribution >= 0.6 is 0 Å². The Hall–Kier alpha value is -1.97. The molecule has 0 aromatic carbocycles. The van der Waals surface area contributed by atoms with Crippen molar-refractivity contribution in [2.75, 3.05) is 0 Å². The number of aliphatic hydroxyl groups is 2. The number of carbonyl (C=O) groups excluding carboxylic acids is 3. The minimum Gasteiger partial charge on any atom is -0.458 e. The van der Waals surface area contributed by atoms with Gasteiger partial charge in [-0.05, 0) is 109 Å². The van der Waals surface area contributed by atoms with Gasteiger partial charge in [-0.2, -0.15) is 0 Å². The summed E-state index contributed by atoms with van der Waals surface area (Å²) in [6.07, 6.45) is 5.65. The van der Waals surface area contributed by atoms with Crippen LogP contribution in [-0.2, 0) is 33.3 Å². The molecule has 14 atom stereocenters. The molecule has 4 saturated carbocycles. The van der Waals surface area contributed by atoms with E-state index in [1.807, 2.05) is 6.92 Å². The molecule has 4 unspecified atom stereocenters. The van der Waals surface area contributed by atoms with E-state index in [0.717, 1.165) is 44.9 Å². The quantitative estimate of drug-likeness (QED) is 0.171. The Morgan fingerprint density at radius 3 is 2.10 bits per heavy atom. The molecule has 1 saturated heterocycles. The lowest BCUT2D eigenvalue weighted by atomic mass is 9.33. The first kappa shape index (κ1) is 38.7. The van der Waals surface area contributed by atoms with Gasteiger partial charge in [-0.3, -0.25) is 14.4 Å². The molecule has 1 aliphatic heterocycles. The Morgan fingerprint density at radius 1 is 0.824 bits per heavy atom. The molecule has 5 fully saturated rings. The van der Waals surface area contributed by atoms with Crippen LogP contribution in [0.1, 0.15) is 140 Å². The maximum absolute atomic E-state index is 14.9. The zero-order chi connectivity index (χ0) is 37.7. The third-order valence-electron chi connectivity index (χ3n) is 16.2. The Balaban J connectivity index is 1.36. The Kier molecular flexibility index (Phi) is 9.74. The van der Waals surface area contributed by atoms with Crippen LogP contribution in [0, 0.1) is 56.2 Å². The molecule has 0 amide bonds. The number of aliphatic hydroxyl groups excluding tert-OH is 2. The highest BCUT2D eigenvalue weighted by Crippen LogP contribution is 2.76. The van der Waals surface area contributed by atoms with E-state index >= 15 is 0 Å². The lowest BCUT2D eigenvalue weighted by Gasteiger charge is -2.71. The smallest absolute Gasteiger partial charge is 0.317 e. The number of ether oxygens (including phenoxy) is 4. The number of esters is 3. The Labute approximate surface area is 306 Å². The van der Waals surface area contributed by atoms with Crippen LogP contribution < -0.4 is 0 Å². The second-order valence-corrected chi connectivity index (χ2v) is 19.7. The Morgan fingerprint density at radius 2 is 1.47 bits per heavy atom. The summed E-state index contributed by atoms with van der Waals surface area (Å²) in [7, 11) is 0. The minimum absolute atomic E-state index is 0.0300. The highest BCUT2D eigenvalue weighted by molar-refractivity contribution is 5.80. The summed E-state index contributed by atoms with van der Waals surface area (Å²) >= 11 is 0. The lowest BCUT2D eigenvalue weighted by Crippen LogP contribution is -2.68. The van der Waals surface area contributed by atoms with Crippen LogP contribution in [0.3, 0.4) is 0 Å². The van der Waals surface area contributed by atoms with Crippen molar-refractivity contribution in [1.82, 2.24) is 0 Å². The molecule has 2 N–H and O–H groups in total. The number of carbonyl (C=O) groups is 3. The van der Waals surface area contributed by atoms with Crippen molar-refractivity contribution in [2.45, 2.75) is 177 Å². The van der Waals surface area contributed by atoms with Gasteiger partial charge in [0.15, 0.2) is 6.10 Å². The molecule has 0 aromatic heterocycles. The van der Waals surface area contributed by atoms with Crippen molar-refractivity contribution in [2.24, 2.45) is 56.2 Å². The van der Waals surface area contributed by atoms with E-state index in [2.05, 4.69) is 54.5 Å². The molecule has 1 heterocycles. The number of hydrogen-bond acceptors (Lipinski definition) is 9. The van der Waals surface area contributed by atoms with Gasteiger partial charge in [0.1, 0.15) is 17.6 Å². The molecule has 5 aliphatic carbocycles. The summed E-state index contributed by atoms with van der Waals surface area (Å²) < 4.78 is 24.1. The van der Waals surface area contributed by atoms with E-state index in [0.29, 0.717) is 31.1 Å². The van der Waals surface area contributed by atoms with Crippen molar-refractivity contribution in [3.05, 3.63) is 11.6 Å². The van der Waals surface area contributed by atoms with E-state index in [1.54, 1.807) is 6.92 Å². The van der Waals surface area contributed by atoms with Crippen molar-refractivity contribution in [1.29, 1.82) is 0 Å². The van der Waals surface area contributed by atoms with Crippen molar-refractivity contribution < 1.29 is 43.5 Å². The molecule has 51 heavy (non-hydrogen) atoms. The number of rotatable bonds is 5. The summed E-state index contributed by atoms with van der Waals surface area (Å²) in [5.74, 6) is -1.48. The summed E-state index contributed by atoms with van der Waals surface area (Å²) in [5, 5.41) is 23.7. The van der Waals surface area contributed by atoms with Gasteiger partial charge >= 0.3 is 17.9 Å². The largest absolute Gasteiger partial charge is 0.458 e.